The molecule has 1 aromatic heterocycles. The number of rotatable bonds is 5. The van der Waals surface area contributed by atoms with Crippen LogP contribution in [0.25, 0.3) is 11.3 Å². The van der Waals surface area contributed by atoms with Gasteiger partial charge in [-0.3, -0.25) is 14.7 Å². The first-order chi connectivity index (χ1) is 14.2. The first-order valence-corrected chi connectivity index (χ1v) is 9.46. The molecule has 10 heteroatoms. The fourth-order valence-corrected chi connectivity index (χ4v) is 3.34. The molecule has 1 aromatic carbocycles. The Morgan fingerprint density at radius 3 is 2.73 bits per heavy atom. The average Bonchev–Trinajstić information content (AvgIpc) is 3.00. The smallest absolute Gasteiger partial charge is 0.411 e. The number of carbonyl (C=O) groups is 2. The van der Waals surface area contributed by atoms with Crippen LogP contribution in [0, 0.1) is 5.82 Å². The van der Waals surface area contributed by atoms with Crippen molar-refractivity contribution in [2.24, 2.45) is 0 Å². The molecule has 3 heterocycles. The van der Waals surface area contributed by atoms with Gasteiger partial charge in [-0.1, -0.05) is 0 Å². The largest absolute Gasteiger partial charge is 0.434 e. The molecule has 2 fully saturated rings. The van der Waals surface area contributed by atoms with E-state index < -0.39 is 29.5 Å². The lowest BCUT2D eigenvalue weighted by Gasteiger charge is -2.32. The van der Waals surface area contributed by atoms with Gasteiger partial charge in [-0.05, 0) is 24.6 Å². The second-order valence-electron chi connectivity index (χ2n) is 7.41. The summed E-state index contributed by atoms with van der Waals surface area (Å²) in [5, 5.41) is 0. The Balaban J connectivity index is 1.50. The molecule has 7 nitrogen and oxygen atoms in total. The number of ether oxygens (including phenoxy) is 1. The summed E-state index contributed by atoms with van der Waals surface area (Å²) in [6, 6.07) is 3.33. The summed E-state index contributed by atoms with van der Waals surface area (Å²) in [6.45, 7) is 2.09. The van der Waals surface area contributed by atoms with Crippen molar-refractivity contribution >= 4 is 12.0 Å². The van der Waals surface area contributed by atoms with Crippen LogP contribution in [0.2, 0.25) is 0 Å². The van der Waals surface area contributed by atoms with E-state index in [0.29, 0.717) is 25.7 Å². The predicted octanol–water partition coefficient (Wildman–Crippen LogP) is 2.95. The normalized spacial score (nSPS) is 18.9. The summed E-state index contributed by atoms with van der Waals surface area (Å²) in [5.74, 6) is -4.56. The van der Waals surface area contributed by atoms with E-state index >= 15 is 0 Å². The Kier molecular flexibility index (Phi) is 5.08. The van der Waals surface area contributed by atoms with Crippen molar-refractivity contribution < 1.29 is 27.5 Å². The maximum Gasteiger partial charge on any atom is 0.411 e. The van der Waals surface area contributed by atoms with E-state index in [-0.39, 0.29) is 30.3 Å². The SMILES string of the molecule is CC(F)(F)c1cc(-c2cncc(CN3CC(C(=O)N4CCC4)OC3=O)n2)ccc1F. The molecule has 30 heavy (non-hydrogen) atoms. The Morgan fingerprint density at radius 2 is 2.07 bits per heavy atom. The standard InChI is InChI=1S/C20H19F3N4O3/c1-20(22,23)14-7-12(3-4-15(14)21)16-9-24-8-13(25-16)10-27-11-17(30-19(27)29)18(28)26-5-2-6-26/h3-4,7-9,17H,2,5-6,10-11H2,1H3. The molecule has 158 valence electrons. The van der Waals surface area contributed by atoms with Gasteiger partial charge in [-0.15, -0.1) is 0 Å². The quantitative estimate of drug-likeness (QED) is 0.744. The molecule has 0 bridgehead atoms. The third-order valence-corrected chi connectivity index (χ3v) is 5.10. The molecule has 0 spiro atoms. The maximum atomic E-state index is 13.8. The highest BCUT2D eigenvalue weighted by molar-refractivity contribution is 5.86. The van der Waals surface area contributed by atoms with Crippen molar-refractivity contribution in [3.8, 4) is 11.3 Å². The number of likely N-dealkylation sites (tertiary alicyclic amines) is 1. The summed E-state index contributed by atoms with van der Waals surface area (Å²) in [7, 11) is 0. The molecule has 2 aromatic rings. The number of halogens is 3. The van der Waals surface area contributed by atoms with Crippen LogP contribution in [0.5, 0.6) is 0 Å². The number of cyclic esters (lactones) is 1. The summed E-state index contributed by atoms with van der Waals surface area (Å²) in [4.78, 5) is 35.8. The topological polar surface area (TPSA) is 75.6 Å². The van der Waals surface area contributed by atoms with E-state index in [2.05, 4.69) is 9.97 Å². The van der Waals surface area contributed by atoms with E-state index in [1.54, 1.807) is 4.90 Å². The molecule has 2 amide bonds. The number of alkyl halides is 2. The van der Waals surface area contributed by atoms with E-state index in [9.17, 15) is 22.8 Å². The molecule has 1 unspecified atom stereocenters. The zero-order chi connectivity index (χ0) is 21.5. The van der Waals surface area contributed by atoms with Crippen molar-refractivity contribution in [1.82, 2.24) is 19.8 Å². The Labute approximate surface area is 170 Å². The van der Waals surface area contributed by atoms with Crippen LogP contribution < -0.4 is 0 Å². The molecule has 0 aliphatic carbocycles. The van der Waals surface area contributed by atoms with Crippen molar-refractivity contribution in [2.75, 3.05) is 19.6 Å². The lowest BCUT2D eigenvalue weighted by molar-refractivity contribution is -0.142. The molecule has 2 aliphatic rings. The monoisotopic (exact) mass is 420 g/mol. The minimum atomic E-state index is -3.34. The van der Waals surface area contributed by atoms with Gasteiger partial charge in [-0.25, -0.2) is 22.9 Å². The number of carbonyl (C=O) groups excluding carboxylic acids is 2. The molecular formula is C20H19F3N4O3. The highest BCUT2D eigenvalue weighted by atomic mass is 19.3. The molecule has 1 atom stereocenters. The van der Waals surface area contributed by atoms with E-state index in [1.165, 1.54) is 23.4 Å². The Morgan fingerprint density at radius 1 is 1.30 bits per heavy atom. The van der Waals surface area contributed by atoms with Crippen molar-refractivity contribution in [2.45, 2.75) is 31.9 Å². The summed E-state index contributed by atoms with van der Waals surface area (Å²) >= 11 is 0. The summed E-state index contributed by atoms with van der Waals surface area (Å²) in [5.41, 5.74) is 0.189. The Hall–Kier alpha value is -3.17. The molecule has 0 radical (unpaired) electrons. The molecule has 2 saturated heterocycles. The van der Waals surface area contributed by atoms with Gasteiger partial charge in [0.25, 0.3) is 11.8 Å². The Bertz CT molecular complexity index is 992. The van der Waals surface area contributed by atoms with Crippen LogP contribution in [-0.4, -0.2) is 57.5 Å². The van der Waals surface area contributed by atoms with Gasteiger partial charge < -0.3 is 9.64 Å². The van der Waals surface area contributed by atoms with Crippen LogP contribution in [-0.2, 0) is 22.0 Å². The number of amides is 2. The van der Waals surface area contributed by atoms with Crippen molar-refractivity contribution in [3.63, 3.8) is 0 Å². The van der Waals surface area contributed by atoms with Gasteiger partial charge in [0.15, 0.2) is 6.10 Å². The predicted molar refractivity (Wildman–Crippen MR) is 98.9 cm³/mol. The van der Waals surface area contributed by atoms with Crippen molar-refractivity contribution in [3.05, 3.63) is 47.7 Å². The van der Waals surface area contributed by atoms with E-state index in [1.807, 2.05) is 0 Å². The van der Waals surface area contributed by atoms with Crippen LogP contribution in [0.4, 0.5) is 18.0 Å². The zero-order valence-corrected chi connectivity index (χ0v) is 16.1. The minimum Gasteiger partial charge on any atom is -0.434 e. The third-order valence-electron chi connectivity index (χ3n) is 5.10. The van der Waals surface area contributed by atoms with Gasteiger partial charge in [0.1, 0.15) is 5.82 Å². The second-order valence-corrected chi connectivity index (χ2v) is 7.41. The van der Waals surface area contributed by atoms with Gasteiger partial charge in [0, 0.05) is 25.6 Å². The van der Waals surface area contributed by atoms with Crippen LogP contribution in [0.1, 0.15) is 24.6 Å². The van der Waals surface area contributed by atoms with Crippen molar-refractivity contribution in [1.29, 1.82) is 0 Å². The minimum absolute atomic E-state index is 0.0431. The molecule has 0 N–H and O–H groups in total. The number of nitrogens with zero attached hydrogens (tertiary/aromatic N) is 4. The van der Waals surface area contributed by atoms with Crippen LogP contribution in [0.3, 0.4) is 0 Å². The summed E-state index contributed by atoms with van der Waals surface area (Å²) in [6.07, 6.45) is 2.26. The third kappa shape index (κ3) is 3.94. The van der Waals surface area contributed by atoms with Crippen LogP contribution >= 0.6 is 0 Å². The maximum absolute atomic E-state index is 13.8. The van der Waals surface area contributed by atoms with Gasteiger partial charge in [-0.2, -0.15) is 0 Å². The number of benzene rings is 1. The van der Waals surface area contributed by atoms with Gasteiger partial charge >= 0.3 is 6.09 Å². The highest BCUT2D eigenvalue weighted by Crippen LogP contribution is 2.32. The lowest BCUT2D eigenvalue weighted by atomic mass is 10.0. The van der Waals surface area contributed by atoms with Crippen LogP contribution in [0.15, 0.2) is 30.6 Å². The highest BCUT2D eigenvalue weighted by Gasteiger charge is 2.39. The lowest BCUT2D eigenvalue weighted by Crippen LogP contribution is -2.48. The number of hydrogen-bond acceptors (Lipinski definition) is 5. The van der Waals surface area contributed by atoms with E-state index in [4.69, 9.17) is 4.74 Å². The zero-order valence-electron chi connectivity index (χ0n) is 16.1. The van der Waals surface area contributed by atoms with E-state index in [0.717, 1.165) is 18.6 Å². The number of hydrogen-bond donors (Lipinski definition) is 0. The first-order valence-electron chi connectivity index (χ1n) is 9.46. The fourth-order valence-electron chi connectivity index (χ4n) is 3.34. The fraction of sp³-hybridized carbons (Fsp3) is 0.400. The average molecular weight is 420 g/mol. The second kappa shape index (κ2) is 7.58. The summed E-state index contributed by atoms with van der Waals surface area (Å²) < 4.78 is 46.2. The van der Waals surface area contributed by atoms with Gasteiger partial charge in [0.05, 0.1) is 42.4 Å². The molecule has 2 aliphatic heterocycles. The molecular weight excluding hydrogens is 401 g/mol. The van der Waals surface area contributed by atoms with Gasteiger partial charge in [0.2, 0.25) is 0 Å². The molecule has 4 rings (SSSR count). The number of aromatic nitrogens is 2. The first kappa shape index (κ1) is 20.1. The molecule has 0 saturated carbocycles.